The number of carbonyl (C=O) groups is 2. The van der Waals surface area contributed by atoms with Gasteiger partial charge in [0.05, 0.1) is 19.3 Å². The molecule has 1 heterocycles. The minimum absolute atomic E-state index is 0.0253. The van der Waals surface area contributed by atoms with Crippen LogP contribution in [-0.4, -0.2) is 37.0 Å². The van der Waals surface area contributed by atoms with E-state index in [0.717, 1.165) is 11.1 Å². The number of methoxy groups -OCH3 is 1. The summed E-state index contributed by atoms with van der Waals surface area (Å²) in [7, 11) is 1.29. The third kappa shape index (κ3) is 5.75. The Morgan fingerprint density at radius 1 is 1.06 bits per heavy atom. The van der Waals surface area contributed by atoms with Crippen LogP contribution < -0.4 is 10.1 Å². The fraction of sp³-hybridized carbons (Fsp3) is 0.174. The second-order valence-electron chi connectivity index (χ2n) is 6.65. The maximum Gasteiger partial charge on any atom is 0.343 e. The Balaban J connectivity index is 1.76. The molecule has 0 amide bonds. The van der Waals surface area contributed by atoms with Gasteiger partial charge >= 0.3 is 5.97 Å². The number of pyridine rings is 1. The van der Waals surface area contributed by atoms with E-state index in [4.69, 9.17) is 27.9 Å². The minimum Gasteiger partial charge on any atom is -0.480 e. The lowest BCUT2D eigenvalue weighted by molar-refractivity contribution is -0.142. The normalized spacial score (nSPS) is 10.5. The molecule has 0 bridgehead atoms. The fourth-order valence-corrected chi connectivity index (χ4v) is 3.35. The number of hydrogen-bond donors (Lipinski definition) is 1. The Hall–Kier alpha value is -3.09. The average Bonchev–Trinajstić information content (AvgIpc) is 2.77. The number of aromatic nitrogens is 1. The number of ketones is 1. The van der Waals surface area contributed by atoms with Crippen LogP contribution in [0.3, 0.4) is 0 Å². The van der Waals surface area contributed by atoms with Gasteiger partial charge in [-0.2, -0.15) is 0 Å². The number of esters is 1. The van der Waals surface area contributed by atoms with Crippen molar-refractivity contribution in [2.24, 2.45) is 0 Å². The molecule has 0 atom stereocenters. The number of nitrogens with zero attached hydrogens (tertiary/aromatic N) is 1. The van der Waals surface area contributed by atoms with E-state index in [0.29, 0.717) is 32.7 Å². The van der Waals surface area contributed by atoms with Gasteiger partial charge in [-0.05, 0) is 48.9 Å². The molecular weight excluding hydrogens is 439 g/mol. The van der Waals surface area contributed by atoms with Crippen LogP contribution in [0, 0.1) is 6.92 Å². The van der Waals surface area contributed by atoms with Crippen molar-refractivity contribution in [2.75, 3.05) is 25.6 Å². The Morgan fingerprint density at radius 3 is 2.58 bits per heavy atom. The van der Waals surface area contributed by atoms with E-state index >= 15 is 0 Å². The van der Waals surface area contributed by atoms with Gasteiger partial charge in [-0.3, -0.25) is 4.79 Å². The highest BCUT2D eigenvalue weighted by Gasteiger charge is 2.14. The molecule has 0 radical (unpaired) electrons. The summed E-state index contributed by atoms with van der Waals surface area (Å²) in [6, 6.07) is 13.9. The molecule has 8 heteroatoms. The van der Waals surface area contributed by atoms with Crippen LogP contribution in [0.1, 0.15) is 15.9 Å². The lowest BCUT2D eigenvalue weighted by Crippen LogP contribution is -2.16. The van der Waals surface area contributed by atoms with E-state index in [2.05, 4.69) is 15.0 Å². The molecule has 31 heavy (non-hydrogen) atoms. The molecule has 3 aromatic rings. The fourth-order valence-electron chi connectivity index (χ4n) is 2.92. The summed E-state index contributed by atoms with van der Waals surface area (Å²) >= 11 is 12.3. The zero-order valence-corrected chi connectivity index (χ0v) is 18.5. The highest BCUT2D eigenvalue weighted by atomic mass is 35.5. The molecular formula is C23H20Cl2N2O4. The van der Waals surface area contributed by atoms with Crippen molar-refractivity contribution in [2.45, 2.75) is 6.92 Å². The maximum atomic E-state index is 12.8. The van der Waals surface area contributed by atoms with Crippen molar-refractivity contribution in [3.05, 3.63) is 76.0 Å². The molecule has 1 N–H and O–H groups in total. The summed E-state index contributed by atoms with van der Waals surface area (Å²) in [5.74, 6) is -0.188. The number of benzene rings is 2. The number of carbonyl (C=O) groups excluding carboxylic acids is 2. The Labute approximate surface area is 190 Å². The van der Waals surface area contributed by atoms with E-state index in [1.807, 2.05) is 6.92 Å². The highest BCUT2D eigenvalue weighted by molar-refractivity contribution is 6.33. The Bertz CT molecular complexity index is 1120. The third-order valence-corrected chi connectivity index (χ3v) is 5.09. The van der Waals surface area contributed by atoms with E-state index in [9.17, 15) is 9.59 Å². The quantitative estimate of drug-likeness (QED) is 0.283. The van der Waals surface area contributed by atoms with Crippen LogP contribution >= 0.6 is 23.2 Å². The number of halogens is 2. The van der Waals surface area contributed by atoms with E-state index < -0.39 is 5.97 Å². The highest BCUT2D eigenvalue weighted by Crippen LogP contribution is 2.32. The summed E-state index contributed by atoms with van der Waals surface area (Å²) in [5.41, 5.74) is 3.50. The van der Waals surface area contributed by atoms with Gasteiger partial charge in [0.25, 0.3) is 0 Å². The smallest absolute Gasteiger partial charge is 0.343 e. The van der Waals surface area contributed by atoms with Gasteiger partial charge in [0.1, 0.15) is 10.9 Å². The average molecular weight is 459 g/mol. The number of nitrogens with one attached hydrogen (secondary N) is 1. The summed E-state index contributed by atoms with van der Waals surface area (Å²) in [6.07, 6.45) is 1.64. The van der Waals surface area contributed by atoms with Crippen LogP contribution in [0.5, 0.6) is 5.75 Å². The molecule has 2 aromatic carbocycles. The van der Waals surface area contributed by atoms with Crippen LogP contribution in [0.4, 0.5) is 5.69 Å². The van der Waals surface area contributed by atoms with Crippen LogP contribution in [-0.2, 0) is 9.53 Å². The number of para-hydroxylation sites is 2. The predicted molar refractivity (Wildman–Crippen MR) is 121 cm³/mol. The van der Waals surface area contributed by atoms with Gasteiger partial charge < -0.3 is 14.8 Å². The first-order valence-corrected chi connectivity index (χ1v) is 10.1. The van der Waals surface area contributed by atoms with Crippen molar-refractivity contribution in [3.8, 4) is 16.9 Å². The second kappa shape index (κ2) is 10.3. The Morgan fingerprint density at radius 2 is 1.84 bits per heavy atom. The van der Waals surface area contributed by atoms with E-state index in [1.165, 1.54) is 7.11 Å². The summed E-state index contributed by atoms with van der Waals surface area (Å²) < 4.78 is 10.0. The lowest BCUT2D eigenvalue weighted by Gasteiger charge is -2.13. The topological polar surface area (TPSA) is 77.5 Å². The van der Waals surface area contributed by atoms with Gasteiger partial charge in [0, 0.05) is 27.9 Å². The van der Waals surface area contributed by atoms with Gasteiger partial charge in [0.15, 0.2) is 12.4 Å². The molecule has 0 spiro atoms. The number of hydrogen-bond acceptors (Lipinski definition) is 6. The molecule has 0 saturated carbocycles. The SMILES string of the molecule is COC(=O)COc1ccccc1NCC(=O)c1ccc(Cl)c(-c2cnc(Cl)cc2C)c1. The monoisotopic (exact) mass is 458 g/mol. The van der Waals surface area contributed by atoms with Gasteiger partial charge in [0.2, 0.25) is 0 Å². The first kappa shape index (κ1) is 22.6. The van der Waals surface area contributed by atoms with Crippen LogP contribution in [0.15, 0.2) is 54.7 Å². The number of ether oxygens (including phenoxy) is 2. The van der Waals surface area contributed by atoms with Crippen LogP contribution in [0.2, 0.25) is 10.2 Å². The lowest BCUT2D eigenvalue weighted by atomic mass is 9.99. The largest absolute Gasteiger partial charge is 0.480 e. The van der Waals surface area contributed by atoms with Crippen molar-refractivity contribution in [1.82, 2.24) is 4.98 Å². The number of aryl methyl sites for hydroxylation is 1. The van der Waals surface area contributed by atoms with E-state index in [-0.39, 0.29) is 18.9 Å². The third-order valence-electron chi connectivity index (χ3n) is 4.56. The number of anilines is 1. The summed E-state index contributed by atoms with van der Waals surface area (Å²) in [5, 5.41) is 3.96. The minimum atomic E-state index is -0.494. The second-order valence-corrected chi connectivity index (χ2v) is 7.45. The molecule has 1 aromatic heterocycles. The molecule has 0 aliphatic heterocycles. The van der Waals surface area contributed by atoms with Crippen LogP contribution in [0.25, 0.3) is 11.1 Å². The van der Waals surface area contributed by atoms with Crippen molar-refractivity contribution in [1.29, 1.82) is 0 Å². The molecule has 0 aliphatic carbocycles. The summed E-state index contributed by atoms with van der Waals surface area (Å²) in [4.78, 5) is 28.3. The zero-order chi connectivity index (χ0) is 22.4. The molecule has 0 unspecified atom stereocenters. The van der Waals surface area contributed by atoms with Gasteiger partial charge in [-0.1, -0.05) is 35.3 Å². The standard InChI is InChI=1S/C23H20Cl2N2O4/c1-14-9-22(25)27-11-17(14)16-10-15(7-8-18(16)24)20(28)12-26-19-5-3-4-6-21(19)31-13-23(29)30-2/h3-11,26H,12-13H2,1-2H3. The van der Waals surface area contributed by atoms with E-state index in [1.54, 1.807) is 54.7 Å². The summed E-state index contributed by atoms with van der Waals surface area (Å²) in [6.45, 7) is 1.70. The molecule has 3 rings (SSSR count). The van der Waals surface area contributed by atoms with Crippen molar-refractivity contribution in [3.63, 3.8) is 0 Å². The molecule has 0 fully saturated rings. The maximum absolute atomic E-state index is 12.8. The van der Waals surface area contributed by atoms with Gasteiger partial charge in [-0.25, -0.2) is 9.78 Å². The number of rotatable bonds is 8. The number of Topliss-reactive ketones (excluding diaryl/α,β-unsaturated/α-hetero) is 1. The Kier molecular flexibility index (Phi) is 7.50. The first-order chi connectivity index (χ1) is 14.9. The molecule has 0 saturated heterocycles. The molecule has 160 valence electrons. The zero-order valence-electron chi connectivity index (χ0n) is 16.9. The predicted octanol–water partition coefficient (Wildman–Crippen LogP) is 5.21. The molecule has 0 aliphatic rings. The van der Waals surface area contributed by atoms with Crippen molar-refractivity contribution >= 4 is 40.6 Å². The molecule has 6 nitrogen and oxygen atoms in total. The van der Waals surface area contributed by atoms with Crippen molar-refractivity contribution < 1.29 is 19.1 Å². The first-order valence-electron chi connectivity index (χ1n) is 9.37. The van der Waals surface area contributed by atoms with Gasteiger partial charge in [-0.15, -0.1) is 0 Å².